The van der Waals surface area contributed by atoms with Crippen LogP contribution in [0.2, 0.25) is 0 Å². The Labute approximate surface area is 184 Å². The topological polar surface area (TPSA) is 114 Å². The van der Waals surface area contributed by atoms with Crippen molar-refractivity contribution in [1.29, 1.82) is 0 Å². The van der Waals surface area contributed by atoms with Crippen molar-refractivity contribution in [1.82, 2.24) is 0 Å². The first kappa shape index (κ1) is 22.8. The van der Waals surface area contributed by atoms with Crippen LogP contribution in [0.25, 0.3) is 0 Å². The predicted octanol–water partition coefficient (Wildman–Crippen LogP) is 3.85. The van der Waals surface area contributed by atoms with E-state index in [0.29, 0.717) is 17.1 Å². The Morgan fingerprint density at radius 3 is 2.22 bits per heavy atom. The third kappa shape index (κ3) is 5.41. The van der Waals surface area contributed by atoms with E-state index in [4.69, 9.17) is 4.74 Å². The summed E-state index contributed by atoms with van der Waals surface area (Å²) in [5.41, 5.74) is 0.812. The number of carbonyl (C=O) groups excluding carboxylic acids is 2. The highest BCUT2D eigenvalue weighted by molar-refractivity contribution is 7.92. The van der Waals surface area contributed by atoms with E-state index in [1.165, 1.54) is 62.6 Å². The van der Waals surface area contributed by atoms with Crippen LogP contribution < -0.4 is 20.1 Å². The number of sulfonamides is 1. The molecule has 0 heterocycles. The second-order valence-electron chi connectivity index (χ2n) is 6.66. The fourth-order valence-corrected chi connectivity index (χ4v) is 3.88. The van der Waals surface area contributed by atoms with E-state index < -0.39 is 21.7 Å². The number of para-hydroxylation sites is 1. The number of nitrogens with one attached hydrogen (secondary N) is 3. The highest BCUT2D eigenvalue weighted by Crippen LogP contribution is 2.28. The van der Waals surface area contributed by atoms with Crippen molar-refractivity contribution in [2.75, 3.05) is 22.5 Å². The number of hydrogen-bond acceptors (Lipinski definition) is 5. The smallest absolute Gasteiger partial charge is 0.261 e. The molecule has 0 bridgehead atoms. The van der Waals surface area contributed by atoms with E-state index in [-0.39, 0.29) is 22.1 Å². The molecular weight excluding hydrogens is 437 g/mol. The molecule has 0 aliphatic carbocycles. The Bertz CT molecular complexity index is 1260. The second kappa shape index (κ2) is 9.48. The molecule has 0 atom stereocenters. The van der Waals surface area contributed by atoms with Crippen LogP contribution in [-0.4, -0.2) is 27.3 Å². The SMILES string of the molecule is COc1ccc(NC(=O)c2ccc(S(=O)(=O)Nc3ccccc3F)cc2)cc1NC(C)=O. The molecule has 3 rings (SSSR count). The highest BCUT2D eigenvalue weighted by atomic mass is 32.2. The van der Waals surface area contributed by atoms with Crippen molar-refractivity contribution in [3.05, 3.63) is 78.1 Å². The minimum atomic E-state index is -4.04. The predicted molar refractivity (Wildman–Crippen MR) is 119 cm³/mol. The van der Waals surface area contributed by atoms with Gasteiger partial charge in [-0.3, -0.25) is 14.3 Å². The van der Waals surface area contributed by atoms with Gasteiger partial charge in [-0.05, 0) is 54.6 Å². The van der Waals surface area contributed by atoms with Gasteiger partial charge in [-0.25, -0.2) is 12.8 Å². The first-order chi connectivity index (χ1) is 15.2. The molecule has 10 heteroatoms. The average Bonchev–Trinajstić information content (AvgIpc) is 2.75. The molecule has 3 aromatic rings. The van der Waals surface area contributed by atoms with Gasteiger partial charge in [0.1, 0.15) is 11.6 Å². The van der Waals surface area contributed by atoms with Gasteiger partial charge in [-0.1, -0.05) is 12.1 Å². The van der Waals surface area contributed by atoms with Crippen molar-refractivity contribution in [3.63, 3.8) is 0 Å². The Morgan fingerprint density at radius 2 is 1.59 bits per heavy atom. The lowest BCUT2D eigenvalue weighted by molar-refractivity contribution is -0.114. The summed E-state index contributed by atoms with van der Waals surface area (Å²) in [4.78, 5) is 23.8. The number of benzene rings is 3. The van der Waals surface area contributed by atoms with Crippen LogP contribution in [-0.2, 0) is 14.8 Å². The van der Waals surface area contributed by atoms with Crippen molar-refractivity contribution >= 4 is 38.9 Å². The summed E-state index contributed by atoms with van der Waals surface area (Å²) in [6, 6.07) is 15.3. The summed E-state index contributed by atoms with van der Waals surface area (Å²) in [7, 11) is -2.58. The molecular formula is C22H20FN3O5S. The van der Waals surface area contributed by atoms with Crippen LogP contribution in [0.3, 0.4) is 0 Å². The van der Waals surface area contributed by atoms with E-state index in [1.807, 2.05) is 0 Å². The molecule has 0 saturated carbocycles. The van der Waals surface area contributed by atoms with Crippen molar-refractivity contribution in [2.24, 2.45) is 0 Å². The Hall–Kier alpha value is -3.92. The first-order valence-corrected chi connectivity index (χ1v) is 10.8. The molecule has 0 fully saturated rings. The van der Waals surface area contributed by atoms with Crippen LogP contribution in [0.5, 0.6) is 5.75 Å². The van der Waals surface area contributed by atoms with Crippen LogP contribution in [0.15, 0.2) is 71.6 Å². The van der Waals surface area contributed by atoms with Crippen LogP contribution >= 0.6 is 0 Å². The standard InChI is InChI=1S/C22H20FN3O5S/c1-14(27)24-20-13-16(9-12-21(20)31-2)25-22(28)15-7-10-17(11-8-15)32(29,30)26-19-6-4-3-5-18(19)23/h3-13,26H,1-2H3,(H,24,27)(H,25,28). The molecule has 0 aliphatic rings. The molecule has 32 heavy (non-hydrogen) atoms. The third-order valence-corrected chi connectivity index (χ3v) is 5.69. The molecule has 3 aromatic carbocycles. The van der Waals surface area contributed by atoms with Crippen LogP contribution in [0.4, 0.5) is 21.5 Å². The fourth-order valence-electron chi connectivity index (χ4n) is 2.81. The van der Waals surface area contributed by atoms with E-state index in [0.717, 1.165) is 6.07 Å². The quantitative estimate of drug-likeness (QED) is 0.499. The van der Waals surface area contributed by atoms with Gasteiger partial charge in [0, 0.05) is 18.2 Å². The lowest BCUT2D eigenvalue weighted by Crippen LogP contribution is -2.15. The maximum Gasteiger partial charge on any atom is 0.261 e. The number of hydrogen-bond donors (Lipinski definition) is 3. The molecule has 166 valence electrons. The van der Waals surface area contributed by atoms with E-state index in [1.54, 1.807) is 12.1 Å². The van der Waals surface area contributed by atoms with Crippen molar-refractivity contribution < 1.29 is 27.1 Å². The van der Waals surface area contributed by atoms with Gasteiger partial charge >= 0.3 is 0 Å². The van der Waals surface area contributed by atoms with Crippen LogP contribution in [0, 0.1) is 5.82 Å². The largest absolute Gasteiger partial charge is 0.495 e. The molecule has 0 saturated heterocycles. The van der Waals surface area contributed by atoms with Gasteiger partial charge in [0.2, 0.25) is 5.91 Å². The lowest BCUT2D eigenvalue weighted by Gasteiger charge is -2.12. The molecule has 2 amide bonds. The monoisotopic (exact) mass is 457 g/mol. The molecule has 0 spiro atoms. The zero-order valence-corrected chi connectivity index (χ0v) is 18.0. The normalized spacial score (nSPS) is 10.8. The number of rotatable bonds is 7. The maximum atomic E-state index is 13.7. The van der Waals surface area contributed by atoms with Crippen LogP contribution in [0.1, 0.15) is 17.3 Å². The summed E-state index contributed by atoms with van der Waals surface area (Å²) >= 11 is 0. The summed E-state index contributed by atoms with van der Waals surface area (Å²) in [5.74, 6) is -1.07. The average molecular weight is 457 g/mol. The van der Waals surface area contributed by atoms with Gasteiger partial charge in [0.25, 0.3) is 15.9 Å². The fraction of sp³-hybridized carbons (Fsp3) is 0.0909. The minimum absolute atomic E-state index is 0.130. The third-order valence-electron chi connectivity index (χ3n) is 4.31. The molecule has 8 nitrogen and oxygen atoms in total. The number of carbonyl (C=O) groups is 2. The van der Waals surface area contributed by atoms with E-state index >= 15 is 0 Å². The van der Waals surface area contributed by atoms with Gasteiger partial charge in [0.05, 0.1) is 23.4 Å². The Kier molecular flexibility index (Phi) is 6.74. The Balaban J connectivity index is 1.75. The summed E-state index contributed by atoms with van der Waals surface area (Å²) in [6.45, 7) is 1.35. The van der Waals surface area contributed by atoms with Gasteiger partial charge in [-0.2, -0.15) is 0 Å². The first-order valence-electron chi connectivity index (χ1n) is 9.34. The second-order valence-corrected chi connectivity index (χ2v) is 8.34. The summed E-state index contributed by atoms with van der Waals surface area (Å²) < 4.78 is 46.1. The molecule has 0 aliphatic heterocycles. The molecule has 0 aromatic heterocycles. The van der Waals surface area contributed by atoms with E-state index in [2.05, 4.69) is 15.4 Å². The lowest BCUT2D eigenvalue weighted by atomic mass is 10.2. The van der Waals surface area contributed by atoms with E-state index in [9.17, 15) is 22.4 Å². The van der Waals surface area contributed by atoms with Crippen molar-refractivity contribution in [3.8, 4) is 5.75 Å². The van der Waals surface area contributed by atoms with Gasteiger partial charge in [-0.15, -0.1) is 0 Å². The van der Waals surface area contributed by atoms with Crippen molar-refractivity contribution in [2.45, 2.75) is 11.8 Å². The molecule has 3 N–H and O–H groups in total. The zero-order chi connectivity index (χ0) is 23.3. The van der Waals surface area contributed by atoms with Gasteiger partial charge < -0.3 is 15.4 Å². The number of methoxy groups -OCH3 is 1. The molecule has 0 radical (unpaired) electrons. The van der Waals surface area contributed by atoms with Gasteiger partial charge in [0.15, 0.2) is 0 Å². The number of ether oxygens (including phenoxy) is 1. The maximum absolute atomic E-state index is 13.7. The number of amides is 2. The summed E-state index contributed by atoms with van der Waals surface area (Å²) in [6.07, 6.45) is 0. The zero-order valence-electron chi connectivity index (χ0n) is 17.2. The molecule has 0 unspecified atom stereocenters. The number of anilines is 3. The number of halogens is 1. The Morgan fingerprint density at radius 1 is 0.906 bits per heavy atom. The summed E-state index contributed by atoms with van der Waals surface area (Å²) in [5, 5.41) is 5.28. The minimum Gasteiger partial charge on any atom is -0.495 e. The highest BCUT2D eigenvalue weighted by Gasteiger charge is 2.17.